The number of halogens is 6. The zero-order valence-electron chi connectivity index (χ0n) is 11.3. The zero-order chi connectivity index (χ0) is 16.2. The summed E-state index contributed by atoms with van der Waals surface area (Å²) in [5.74, 6) is -5.25. The van der Waals surface area contributed by atoms with Crippen LogP contribution in [-0.4, -0.2) is 20.5 Å². The zero-order valence-corrected chi connectivity index (χ0v) is 11.3. The van der Waals surface area contributed by atoms with Crippen LogP contribution in [0.3, 0.4) is 0 Å². The molecule has 0 unspecified atom stereocenters. The van der Waals surface area contributed by atoms with Crippen molar-refractivity contribution in [2.45, 2.75) is 38.3 Å². The lowest BCUT2D eigenvalue weighted by Gasteiger charge is -2.18. The molecule has 2 heterocycles. The predicted molar refractivity (Wildman–Crippen MR) is 61.6 cm³/mol. The summed E-state index contributed by atoms with van der Waals surface area (Å²) in [6.45, 7) is 5.22. The fourth-order valence-electron chi connectivity index (χ4n) is 1.62. The Hall–Kier alpha value is -1.80. The van der Waals surface area contributed by atoms with Crippen LogP contribution < -0.4 is 0 Å². The molecule has 2 aromatic heterocycles. The minimum atomic E-state index is -5.86. The predicted octanol–water partition coefficient (Wildman–Crippen LogP) is 3.82. The second-order valence-electron chi connectivity index (χ2n) is 5.59. The maximum absolute atomic E-state index is 13.7. The third-order valence-electron chi connectivity index (χ3n) is 2.86. The van der Waals surface area contributed by atoms with Crippen molar-refractivity contribution in [2.24, 2.45) is 0 Å². The highest BCUT2D eigenvalue weighted by atomic mass is 19.4. The molecule has 0 amide bonds. The van der Waals surface area contributed by atoms with Crippen LogP contribution in [-0.2, 0) is 11.3 Å². The fraction of sp³-hybridized carbons (Fsp3) is 0.500. The smallest absolute Gasteiger partial charge is 0.260 e. The molecule has 0 radical (unpaired) electrons. The van der Waals surface area contributed by atoms with Gasteiger partial charge in [-0.05, 0) is 0 Å². The van der Waals surface area contributed by atoms with E-state index in [-0.39, 0.29) is 5.65 Å². The average molecular weight is 311 g/mol. The van der Waals surface area contributed by atoms with Crippen molar-refractivity contribution in [1.82, 2.24) is 14.4 Å². The van der Waals surface area contributed by atoms with E-state index in [9.17, 15) is 26.3 Å². The molecule has 0 aliphatic rings. The van der Waals surface area contributed by atoms with E-state index >= 15 is 0 Å². The topological polar surface area (TPSA) is 30.2 Å². The van der Waals surface area contributed by atoms with Gasteiger partial charge in [0.2, 0.25) is 0 Å². The number of fused-ring (bicyclic) bond motifs is 1. The molecule has 0 aromatic carbocycles. The lowest BCUT2D eigenvalue weighted by molar-refractivity contribution is -0.291. The normalized spacial score (nSPS) is 14.0. The highest BCUT2D eigenvalue weighted by Gasteiger charge is 2.60. The van der Waals surface area contributed by atoms with Crippen LogP contribution in [0.25, 0.3) is 5.65 Å². The molecule has 0 bridgehead atoms. The van der Waals surface area contributed by atoms with E-state index in [2.05, 4.69) is 9.97 Å². The van der Waals surface area contributed by atoms with Crippen molar-refractivity contribution in [3.8, 4) is 0 Å². The number of hydrogen-bond acceptors (Lipinski definition) is 2. The molecule has 116 valence electrons. The number of imidazole rings is 1. The van der Waals surface area contributed by atoms with Gasteiger partial charge in [0.25, 0.3) is 6.08 Å². The van der Waals surface area contributed by atoms with Crippen molar-refractivity contribution in [3.63, 3.8) is 0 Å². The summed E-state index contributed by atoms with van der Waals surface area (Å²) in [6, 6.07) is 0.436. The van der Waals surface area contributed by atoms with Gasteiger partial charge in [-0.2, -0.15) is 26.3 Å². The molecule has 0 atom stereocenters. The van der Waals surface area contributed by atoms with Crippen LogP contribution in [0.2, 0.25) is 0 Å². The molecule has 2 aromatic rings. The third-order valence-corrected chi connectivity index (χ3v) is 2.86. The molecule has 0 aliphatic heterocycles. The lowest BCUT2D eigenvalue weighted by Crippen LogP contribution is -2.35. The van der Waals surface area contributed by atoms with Crippen LogP contribution in [0.4, 0.5) is 26.3 Å². The summed E-state index contributed by atoms with van der Waals surface area (Å²) in [5.41, 5.74) is -2.25. The molecule has 9 heteroatoms. The van der Waals surface area contributed by atoms with E-state index in [1.54, 1.807) is 20.8 Å². The number of alkyl halides is 5. The number of nitrogens with zero attached hydrogens (tertiary/aromatic N) is 3. The Labute approximate surface area is 115 Å². The summed E-state index contributed by atoms with van der Waals surface area (Å²) in [7, 11) is 0. The van der Waals surface area contributed by atoms with Crippen molar-refractivity contribution in [3.05, 3.63) is 29.7 Å². The molecule has 3 nitrogen and oxygen atoms in total. The van der Waals surface area contributed by atoms with Crippen LogP contribution in [0.5, 0.6) is 0 Å². The average Bonchev–Trinajstić information content (AvgIpc) is 2.71. The molecule has 0 fully saturated rings. The van der Waals surface area contributed by atoms with Crippen molar-refractivity contribution < 1.29 is 26.3 Å². The molecule has 0 saturated heterocycles. The second kappa shape index (κ2) is 4.35. The number of aromatic nitrogens is 3. The molecule has 0 aliphatic carbocycles. The van der Waals surface area contributed by atoms with Crippen molar-refractivity contribution in [1.29, 1.82) is 0 Å². The van der Waals surface area contributed by atoms with E-state index < -0.39 is 29.3 Å². The van der Waals surface area contributed by atoms with E-state index in [1.807, 2.05) is 0 Å². The largest absolute Gasteiger partial charge is 0.459 e. The van der Waals surface area contributed by atoms with Gasteiger partial charge in [0.1, 0.15) is 11.3 Å². The summed E-state index contributed by atoms with van der Waals surface area (Å²) in [5, 5.41) is 0. The standard InChI is InChI=1S/C12H11F6N3/c1-10(2,3)7-5-21-8(19-7)4-6(20-9(21)13)11(14,15)12(16,17)18/h4-5H,1-3H3. The number of rotatable bonds is 1. The van der Waals surface area contributed by atoms with E-state index in [4.69, 9.17) is 0 Å². The quantitative estimate of drug-likeness (QED) is 0.592. The summed E-state index contributed by atoms with van der Waals surface area (Å²) >= 11 is 0. The van der Waals surface area contributed by atoms with Gasteiger partial charge in [-0.25, -0.2) is 9.97 Å². The lowest BCUT2D eigenvalue weighted by atomic mass is 9.93. The molecule has 0 spiro atoms. The summed E-state index contributed by atoms with van der Waals surface area (Å²) < 4.78 is 77.8. The Bertz CT molecular complexity index is 681. The van der Waals surface area contributed by atoms with Gasteiger partial charge in [0.05, 0.1) is 5.69 Å². The van der Waals surface area contributed by atoms with E-state index in [0.29, 0.717) is 11.8 Å². The van der Waals surface area contributed by atoms with Crippen LogP contribution >= 0.6 is 0 Å². The van der Waals surface area contributed by atoms with E-state index in [1.165, 1.54) is 6.20 Å². The van der Waals surface area contributed by atoms with E-state index in [0.717, 1.165) is 4.40 Å². The van der Waals surface area contributed by atoms with Gasteiger partial charge >= 0.3 is 12.1 Å². The Morgan fingerprint density at radius 3 is 2.00 bits per heavy atom. The van der Waals surface area contributed by atoms with Gasteiger partial charge in [0, 0.05) is 17.7 Å². The third kappa shape index (κ3) is 2.56. The van der Waals surface area contributed by atoms with Crippen LogP contribution in [0.15, 0.2) is 12.3 Å². The molecule has 0 N–H and O–H groups in total. The van der Waals surface area contributed by atoms with Crippen molar-refractivity contribution in [2.75, 3.05) is 0 Å². The summed E-state index contributed by atoms with van der Waals surface area (Å²) in [6.07, 6.45) is -6.12. The molecule has 0 saturated carbocycles. The molecular weight excluding hydrogens is 300 g/mol. The van der Waals surface area contributed by atoms with Crippen LogP contribution in [0.1, 0.15) is 32.2 Å². The van der Waals surface area contributed by atoms with Gasteiger partial charge in [-0.3, -0.25) is 4.40 Å². The first-order valence-electron chi connectivity index (χ1n) is 5.85. The summed E-state index contributed by atoms with van der Waals surface area (Å²) in [4.78, 5) is 6.60. The molecular formula is C12H11F6N3. The van der Waals surface area contributed by atoms with Gasteiger partial charge in [0.15, 0.2) is 0 Å². The van der Waals surface area contributed by atoms with Gasteiger partial charge < -0.3 is 0 Å². The van der Waals surface area contributed by atoms with Crippen molar-refractivity contribution >= 4 is 5.65 Å². The Balaban J connectivity index is 2.66. The minimum absolute atomic E-state index is 0.343. The minimum Gasteiger partial charge on any atom is -0.260 e. The Morgan fingerprint density at radius 1 is 0.952 bits per heavy atom. The maximum atomic E-state index is 13.7. The first kappa shape index (κ1) is 15.6. The first-order chi connectivity index (χ1) is 9.34. The highest BCUT2D eigenvalue weighted by molar-refractivity contribution is 5.43. The first-order valence-corrected chi connectivity index (χ1v) is 5.85. The monoisotopic (exact) mass is 311 g/mol. The highest BCUT2D eigenvalue weighted by Crippen LogP contribution is 2.43. The SMILES string of the molecule is CC(C)(C)c1cn2c(F)nc(C(F)(F)C(F)(F)F)cc2n1. The Kier molecular flexibility index (Phi) is 3.23. The molecule has 21 heavy (non-hydrogen) atoms. The maximum Gasteiger partial charge on any atom is 0.459 e. The van der Waals surface area contributed by atoms with Crippen LogP contribution in [0, 0.1) is 6.08 Å². The van der Waals surface area contributed by atoms with Gasteiger partial charge in [-0.15, -0.1) is 0 Å². The molecule has 2 rings (SSSR count). The number of hydrogen-bond donors (Lipinski definition) is 0. The Morgan fingerprint density at radius 2 is 1.52 bits per heavy atom. The second-order valence-corrected chi connectivity index (χ2v) is 5.59. The fourth-order valence-corrected chi connectivity index (χ4v) is 1.62. The van der Waals surface area contributed by atoms with Gasteiger partial charge in [-0.1, -0.05) is 20.8 Å².